The second-order valence-corrected chi connectivity index (χ2v) is 6.02. The van der Waals surface area contributed by atoms with Crippen molar-refractivity contribution < 1.29 is 5.21 Å². The quantitative estimate of drug-likeness (QED) is 0.367. The van der Waals surface area contributed by atoms with Gasteiger partial charge >= 0.3 is 0 Å². The lowest BCUT2D eigenvalue weighted by Gasteiger charge is -2.25. The van der Waals surface area contributed by atoms with Gasteiger partial charge in [-0.2, -0.15) is 5.10 Å². The summed E-state index contributed by atoms with van der Waals surface area (Å²) in [5.74, 6) is 1.10. The molecule has 1 aromatic heterocycles. The second-order valence-electron chi connectivity index (χ2n) is 6.02. The van der Waals surface area contributed by atoms with E-state index in [1.807, 2.05) is 18.7 Å². The van der Waals surface area contributed by atoms with Crippen molar-refractivity contribution in [3.8, 4) is 0 Å². The molecule has 1 aromatic rings. The van der Waals surface area contributed by atoms with Crippen LogP contribution in [0.25, 0.3) is 0 Å². The molecule has 1 unspecified atom stereocenters. The third-order valence-corrected chi connectivity index (χ3v) is 4.68. The highest BCUT2D eigenvalue weighted by molar-refractivity contribution is 6.02. The first kappa shape index (κ1) is 14.2. The molecule has 0 amide bonds. The van der Waals surface area contributed by atoms with Crippen LogP contribution in [0.5, 0.6) is 0 Å². The highest BCUT2D eigenvalue weighted by Crippen LogP contribution is 2.29. The number of rotatable bonds is 3. The van der Waals surface area contributed by atoms with Crippen LogP contribution in [0.15, 0.2) is 5.16 Å². The van der Waals surface area contributed by atoms with Gasteiger partial charge in [0.2, 0.25) is 0 Å². The molecule has 7 nitrogen and oxygen atoms in total. The van der Waals surface area contributed by atoms with E-state index in [4.69, 9.17) is 10.9 Å². The summed E-state index contributed by atoms with van der Waals surface area (Å²) in [6.45, 7) is 6.31. The first-order valence-corrected chi connectivity index (χ1v) is 7.62. The van der Waals surface area contributed by atoms with E-state index in [9.17, 15) is 0 Å². The van der Waals surface area contributed by atoms with E-state index < -0.39 is 0 Å². The lowest BCUT2D eigenvalue weighted by atomic mass is 10.2. The predicted octanol–water partition coefficient (Wildman–Crippen LogP) is 0.498. The van der Waals surface area contributed by atoms with Gasteiger partial charge in [-0.3, -0.25) is 9.58 Å². The van der Waals surface area contributed by atoms with Gasteiger partial charge in [0.25, 0.3) is 0 Å². The van der Waals surface area contributed by atoms with Gasteiger partial charge < -0.3 is 15.8 Å². The minimum absolute atomic E-state index is 0.139. The fourth-order valence-corrected chi connectivity index (χ4v) is 3.70. The average Bonchev–Trinajstić information content (AvgIpc) is 3.16. The average molecular weight is 292 g/mol. The maximum Gasteiger partial charge on any atom is 0.175 e. The molecule has 0 aliphatic carbocycles. The number of hydrogen-bond donors (Lipinski definition) is 2. The fraction of sp³-hybridized carbons (Fsp3) is 0.714. The summed E-state index contributed by atoms with van der Waals surface area (Å²) in [6, 6.07) is 0.614. The molecule has 21 heavy (non-hydrogen) atoms. The van der Waals surface area contributed by atoms with Crippen molar-refractivity contribution in [2.24, 2.45) is 17.9 Å². The van der Waals surface area contributed by atoms with E-state index in [1.165, 1.54) is 32.4 Å². The van der Waals surface area contributed by atoms with Crippen LogP contribution in [0.2, 0.25) is 0 Å². The Morgan fingerprint density at radius 3 is 2.71 bits per heavy atom. The molecule has 0 spiro atoms. The zero-order valence-electron chi connectivity index (χ0n) is 12.8. The van der Waals surface area contributed by atoms with Crippen LogP contribution in [0.4, 0.5) is 5.82 Å². The summed E-state index contributed by atoms with van der Waals surface area (Å²) in [5.41, 5.74) is 7.39. The summed E-state index contributed by atoms with van der Waals surface area (Å²) in [6.07, 6.45) is 3.80. The number of aryl methyl sites for hydroxylation is 2. The molecule has 2 fully saturated rings. The number of likely N-dealkylation sites (tertiary alicyclic amines) is 1. The monoisotopic (exact) mass is 292 g/mol. The van der Waals surface area contributed by atoms with Crippen molar-refractivity contribution in [3.63, 3.8) is 0 Å². The Kier molecular flexibility index (Phi) is 3.75. The van der Waals surface area contributed by atoms with Crippen molar-refractivity contribution in [2.75, 3.05) is 31.1 Å². The molecule has 3 N–H and O–H groups in total. The molecule has 3 heterocycles. The number of nitrogens with two attached hydrogens (primary N) is 1. The zero-order valence-corrected chi connectivity index (χ0v) is 12.8. The van der Waals surface area contributed by atoms with Crippen molar-refractivity contribution in [1.82, 2.24) is 14.7 Å². The Balaban J connectivity index is 1.84. The van der Waals surface area contributed by atoms with Crippen LogP contribution in [0, 0.1) is 6.92 Å². The van der Waals surface area contributed by atoms with Crippen LogP contribution in [-0.4, -0.2) is 57.9 Å². The van der Waals surface area contributed by atoms with Gasteiger partial charge in [0.05, 0.1) is 11.3 Å². The standard InChI is InChI=1S/C14H24N6O/c1-10-12(13(15)17-21)14(18(2)16-10)20-8-5-11(9-20)19-6-3-4-7-19/h11,21H,3-9H2,1-2H3,(H2,15,17). The van der Waals surface area contributed by atoms with E-state index in [2.05, 4.69) is 20.1 Å². The van der Waals surface area contributed by atoms with Crippen LogP contribution < -0.4 is 10.6 Å². The van der Waals surface area contributed by atoms with E-state index in [-0.39, 0.29) is 5.84 Å². The first-order valence-electron chi connectivity index (χ1n) is 7.62. The van der Waals surface area contributed by atoms with Gasteiger partial charge in [-0.25, -0.2) is 0 Å². The molecule has 7 heteroatoms. The topological polar surface area (TPSA) is 82.9 Å². The molecule has 1 atom stereocenters. The van der Waals surface area contributed by atoms with Crippen LogP contribution in [0.3, 0.4) is 0 Å². The molecular weight excluding hydrogens is 268 g/mol. The van der Waals surface area contributed by atoms with Gasteiger partial charge in [0.1, 0.15) is 5.82 Å². The molecule has 2 aliphatic rings. The molecule has 0 radical (unpaired) electrons. The van der Waals surface area contributed by atoms with Crippen molar-refractivity contribution in [2.45, 2.75) is 32.2 Å². The lowest BCUT2D eigenvalue weighted by molar-refractivity contribution is 0.260. The van der Waals surface area contributed by atoms with Crippen molar-refractivity contribution in [3.05, 3.63) is 11.3 Å². The Bertz CT molecular complexity index is 546. The SMILES string of the molecule is Cc1nn(C)c(N2CCC(N3CCCC3)C2)c1C(N)=NO. The van der Waals surface area contributed by atoms with Gasteiger partial charge in [-0.05, 0) is 39.3 Å². The Labute approximate surface area is 125 Å². The van der Waals surface area contributed by atoms with Gasteiger partial charge in [-0.15, -0.1) is 0 Å². The lowest BCUT2D eigenvalue weighted by Crippen LogP contribution is -2.36. The molecule has 0 aromatic carbocycles. The van der Waals surface area contributed by atoms with Crippen molar-refractivity contribution >= 4 is 11.7 Å². The van der Waals surface area contributed by atoms with E-state index in [0.29, 0.717) is 6.04 Å². The second kappa shape index (κ2) is 5.55. The summed E-state index contributed by atoms with van der Waals surface area (Å²) < 4.78 is 1.84. The summed E-state index contributed by atoms with van der Waals surface area (Å²) in [4.78, 5) is 4.91. The molecule has 116 valence electrons. The third kappa shape index (κ3) is 2.46. The molecule has 0 bridgehead atoms. The third-order valence-electron chi connectivity index (χ3n) is 4.68. The predicted molar refractivity (Wildman–Crippen MR) is 81.9 cm³/mol. The van der Waals surface area contributed by atoms with Crippen LogP contribution in [-0.2, 0) is 7.05 Å². The van der Waals surface area contributed by atoms with Gasteiger partial charge in [-0.1, -0.05) is 5.16 Å². The van der Waals surface area contributed by atoms with E-state index in [0.717, 1.165) is 30.2 Å². The van der Waals surface area contributed by atoms with E-state index >= 15 is 0 Å². The Hall–Kier alpha value is -1.76. The largest absolute Gasteiger partial charge is 0.409 e. The van der Waals surface area contributed by atoms with Crippen LogP contribution >= 0.6 is 0 Å². The number of hydrogen-bond acceptors (Lipinski definition) is 5. The molecule has 2 saturated heterocycles. The summed E-state index contributed by atoms with van der Waals surface area (Å²) >= 11 is 0. The summed E-state index contributed by atoms with van der Waals surface area (Å²) in [5, 5.41) is 16.6. The summed E-state index contributed by atoms with van der Waals surface area (Å²) in [7, 11) is 1.92. The smallest absolute Gasteiger partial charge is 0.175 e. The highest BCUT2D eigenvalue weighted by Gasteiger charge is 2.32. The number of amidine groups is 1. The fourth-order valence-electron chi connectivity index (χ4n) is 3.70. The highest BCUT2D eigenvalue weighted by atomic mass is 16.4. The number of anilines is 1. The maximum atomic E-state index is 9.01. The van der Waals surface area contributed by atoms with E-state index in [1.54, 1.807) is 0 Å². The zero-order chi connectivity index (χ0) is 15.0. The molecular formula is C14H24N6O. The van der Waals surface area contributed by atoms with Gasteiger partial charge in [0.15, 0.2) is 5.84 Å². The maximum absolute atomic E-state index is 9.01. The minimum Gasteiger partial charge on any atom is -0.409 e. The molecule has 2 aliphatic heterocycles. The Morgan fingerprint density at radius 2 is 2.05 bits per heavy atom. The molecule has 0 saturated carbocycles. The Morgan fingerprint density at radius 1 is 1.33 bits per heavy atom. The number of nitrogens with zero attached hydrogens (tertiary/aromatic N) is 5. The number of oxime groups is 1. The van der Waals surface area contributed by atoms with Crippen molar-refractivity contribution in [1.29, 1.82) is 0 Å². The van der Waals surface area contributed by atoms with Crippen LogP contribution in [0.1, 0.15) is 30.5 Å². The number of aromatic nitrogens is 2. The van der Waals surface area contributed by atoms with Gasteiger partial charge in [0, 0.05) is 26.2 Å². The normalized spacial score (nSPS) is 24.2. The minimum atomic E-state index is 0.139. The first-order chi connectivity index (χ1) is 10.1. The molecule has 3 rings (SSSR count).